The van der Waals surface area contributed by atoms with Crippen LogP contribution in [0, 0.1) is 0 Å². The fourth-order valence-electron chi connectivity index (χ4n) is 4.81. The van der Waals surface area contributed by atoms with Gasteiger partial charge in [0.25, 0.3) is 5.91 Å². The minimum Gasteiger partial charge on any atom is -0.345 e. The summed E-state index contributed by atoms with van der Waals surface area (Å²) >= 11 is 0. The predicted octanol–water partition coefficient (Wildman–Crippen LogP) is 3.58. The van der Waals surface area contributed by atoms with Crippen molar-refractivity contribution in [2.75, 3.05) is 18.4 Å². The second-order valence-corrected chi connectivity index (χ2v) is 9.63. The molecule has 2 aliphatic rings. The van der Waals surface area contributed by atoms with Crippen molar-refractivity contribution in [3.8, 4) is 0 Å². The van der Waals surface area contributed by atoms with E-state index in [-0.39, 0.29) is 11.1 Å². The fourth-order valence-corrected chi connectivity index (χ4v) is 4.81. The molecule has 1 saturated heterocycles. The number of aromatic nitrogens is 2. The van der Waals surface area contributed by atoms with Gasteiger partial charge in [0, 0.05) is 18.4 Å². The van der Waals surface area contributed by atoms with Gasteiger partial charge in [-0.3, -0.25) is 20.4 Å². The normalized spacial score (nSPS) is 18.2. The number of carbonyl (C=O) groups excluding carboxylic acids is 2. The van der Waals surface area contributed by atoms with Crippen molar-refractivity contribution in [3.63, 3.8) is 0 Å². The summed E-state index contributed by atoms with van der Waals surface area (Å²) in [6, 6.07) is 9.48. The number of benzene rings is 1. The number of amides is 2. The molecule has 1 aliphatic carbocycles. The maximum Gasteiger partial charge on any atom is 0.317 e. The van der Waals surface area contributed by atoms with E-state index in [0.29, 0.717) is 17.9 Å². The summed E-state index contributed by atoms with van der Waals surface area (Å²) in [6.45, 7) is 6.78. The number of hydrogen-bond acceptors (Lipinski definition) is 6. The molecule has 10 heteroatoms. The van der Waals surface area contributed by atoms with Crippen LogP contribution in [0.3, 0.4) is 0 Å². The molecular formula is C25H32F2N6O2. The van der Waals surface area contributed by atoms with Crippen LogP contribution in [0.4, 0.5) is 14.7 Å². The molecule has 0 spiro atoms. The van der Waals surface area contributed by atoms with Crippen molar-refractivity contribution in [2.24, 2.45) is 0 Å². The Kier molecular flexibility index (Phi) is 7.59. The van der Waals surface area contributed by atoms with Crippen LogP contribution in [-0.4, -0.2) is 52.2 Å². The minimum atomic E-state index is -3.22. The summed E-state index contributed by atoms with van der Waals surface area (Å²) in [5.41, 5.74) is 5.92. The van der Waals surface area contributed by atoms with Crippen molar-refractivity contribution >= 4 is 17.8 Å². The zero-order valence-corrected chi connectivity index (χ0v) is 20.1. The SMILES string of the molecule is CC(C)N1CCC(c2ccc(C3(Nc4ncc(C(=O)NNC(=O)C(F)F)cn4)CCC3)cc2)CC1. The molecule has 1 aliphatic heterocycles. The largest absolute Gasteiger partial charge is 0.345 e. The molecule has 8 nitrogen and oxygen atoms in total. The molecule has 1 aromatic heterocycles. The third-order valence-electron chi connectivity index (χ3n) is 7.16. The number of hydrogen-bond donors (Lipinski definition) is 3. The quantitative estimate of drug-likeness (QED) is 0.518. The molecule has 0 radical (unpaired) electrons. The van der Waals surface area contributed by atoms with Gasteiger partial charge in [0.15, 0.2) is 0 Å². The van der Waals surface area contributed by atoms with Gasteiger partial charge in [-0.2, -0.15) is 8.78 Å². The molecule has 1 aromatic carbocycles. The summed E-state index contributed by atoms with van der Waals surface area (Å²) in [5.74, 6) is -1.39. The zero-order valence-electron chi connectivity index (χ0n) is 20.1. The highest BCUT2D eigenvalue weighted by molar-refractivity contribution is 5.95. The van der Waals surface area contributed by atoms with Gasteiger partial charge in [-0.1, -0.05) is 24.3 Å². The van der Waals surface area contributed by atoms with Crippen molar-refractivity contribution in [1.82, 2.24) is 25.7 Å². The number of nitrogens with zero attached hydrogens (tertiary/aromatic N) is 3. The average molecular weight is 487 g/mol. The summed E-state index contributed by atoms with van der Waals surface area (Å²) in [5, 5.41) is 3.43. The molecule has 35 heavy (non-hydrogen) atoms. The van der Waals surface area contributed by atoms with E-state index < -0.39 is 18.2 Å². The summed E-state index contributed by atoms with van der Waals surface area (Å²) in [6.07, 6.45) is 4.71. The Morgan fingerprint density at radius 2 is 1.66 bits per heavy atom. The van der Waals surface area contributed by atoms with E-state index in [4.69, 9.17) is 0 Å². The Bertz CT molecular complexity index is 1020. The molecule has 4 rings (SSSR count). The Labute approximate surface area is 203 Å². The summed E-state index contributed by atoms with van der Waals surface area (Å²) in [4.78, 5) is 33.9. The van der Waals surface area contributed by atoms with Gasteiger partial charge in [0.05, 0.1) is 11.1 Å². The highest BCUT2D eigenvalue weighted by Crippen LogP contribution is 2.44. The Balaban J connectivity index is 1.37. The van der Waals surface area contributed by atoms with E-state index in [9.17, 15) is 18.4 Å². The molecule has 1 saturated carbocycles. The number of rotatable bonds is 7. The lowest BCUT2D eigenvalue weighted by atomic mass is 9.71. The van der Waals surface area contributed by atoms with Crippen LogP contribution in [0.25, 0.3) is 0 Å². The topological polar surface area (TPSA) is 99.3 Å². The van der Waals surface area contributed by atoms with Gasteiger partial charge in [0.2, 0.25) is 5.95 Å². The molecule has 3 N–H and O–H groups in total. The summed E-state index contributed by atoms with van der Waals surface area (Å²) in [7, 11) is 0. The lowest BCUT2D eigenvalue weighted by Gasteiger charge is -2.43. The number of piperidine rings is 1. The highest BCUT2D eigenvalue weighted by atomic mass is 19.3. The number of hydrazine groups is 1. The second kappa shape index (κ2) is 10.6. The first kappa shape index (κ1) is 25.0. The van der Waals surface area contributed by atoms with Crippen LogP contribution < -0.4 is 16.2 Å². The van der Waals surface area contributed by atoms with E-state index in [1.54, 1.807) is 5.43 Å². The van der Waals surface area contributed by atoms with Crippen LogP contribution >= 0.6 is 0 Å². The van der Waals surface area contributed by atoms with E-state index in [0.717, 1.165) is 32.4 Å². The molecule has 0 bridgehead atoms. The Morgan fingerprint density at radius 3 is 2.17 bits per heavy atom. The fraction of sp³-hybridized carbons (Fsp3) is 0.520. The van der Waals surface area contributed by atoms with Gasteiger partial charge in [-0.15, -0.1) is 0 Å². The molecule has 0 unspecified atom stereocenters. The van der Waals surface area contributed by atoms with E-state index in [2.05, 4.69) is 58.3 Å². The van der Waals surface area contributed by atoms with E-state index in [1.807, 2.05) is 5.43 Å². The first-order valence-corrected chi connectivity index (χ1v) is 12.1. The lowest BCUT2D eigenvalue weighted by molar-refractivity contribution is -0.132. The minimum absolute atomic E-state index is 0.0423. The van der Waals surface area contributed by atoms with Gasteiger partial charge >= 0.3 is 12.3 Å². The predicted molar refractivity (Wildman–Crippen MR) is 128 cm³/mol. The monoisotopic (exact) mass is 486 g/mol. The lowest BCUT2D eigenvalue weighted by Crippen LogP contribution is -2.44. The summed E-state index contributed by atoms with van der Waals surface area (Å²) < 4.78 is 24.5. The van der Waals surface area contributed by atoms with Gasteiger partial charge in [-0.05, 0) is 76.1 Å². The number of nitrogens with one attached hydrogen (secondary N) is 3. The van der Waals surface area contributed by atoms with Crippen LogP contribution in [0.2, 0.25) is 0 Å². The molecule has 2 aromatic rings. The van der Waals surface area contributed by atoms with Crippen molar-refractivity contribution < 1.29 is 18.4 Å². The van der Waals surface area contributed by atoms with Crippen LogP contribution in [-0.2, 0) is 10.3 Å². The van der Waals surface area contributed by atoms with E-state index >= 15 is 0 Å². The third kappa shape index (κ3) is 5.75. The molecule has 188 valence electrons. The van der Waals surface area contributed by atoms with Crippen molar-refractivity contribution in [1.29, 1.82) is 0 Å². The number of likely N-dealkylation sites (tertiary alicyclic amines) is 1. The molecule has 0 atom stereocenters. The van der Waals surface area contributed by atoms with Gasteiger partial charge in [-0.25, -0.2) is 9.97 Å². The third-order valence-corrected chi connectivity index (χ3v) is 7.16. The van der Waals surface area contributed by atoms with Gasteiger partial charge in [0.1, 0.15) is 0 Å². The second-order valence-electron chi connectivity index (χ2n) is 9.63. The Hall–Kier alpha value is -3.14. The standard InChI is InChI=1S/C25H32F2N6O2/c1-16(2)33-12-8-18(9-13-33)17-4-6-20(7-5-17)25(10-3-11-25)30-24-28-14-19(15-29-24)22(34)31-32-23(35)21(26)27/h4-7,14-16,18,21H,3,8-13H2,1-2H3,(H,31,34)(H,32,35)(H,28,29,30). The smallest absolute Gasteiger partial charge is 0.317 e. The van der Waals surface area contributed by atoms with Crippen molar-refractivity contribution in [3.05, 3.63) is 53.3 Å². The van der Waals surface area contributed by atoms with Gasteiger partial charge < -0.3 is 10.2 Å². The molecular weight excluding hydrogens is 454 g/mol. The molecule has 2 amide bonds. The van der Waals surface area contributed by atoms with Crippen molar-refractivity contribution in [2.45, 2.75) is 69.9 Å². The van der Waals surface area contributed by atoms with E-state index in [1.165, 1.54) is 36.4 Å². The molecule has 2 heterocycles. The first-order valence-electron chi connectivity index (χ1n) is 12.1. The van der Waals surface area contributed by atoms with Crippen LogP contribution in [0.5, 0.6) is 0 Å². The number of carbonyl (C=O) groups is 2. The maximum absolute atomic E-state index is 12.2. The van der Waals surface area contributed by atoms with Crippen LogP contribution in [0.15, 0.2) is 36.7 Å². The number of anilines is 1. The maximum atomic E-state index is 12.2. The van der Waals surface area contributed by atoms with Crippen LogP contribution in [0.1, 0.15) is 73.4 Å². The number of halogens is 2. The molecule has 2 fully saturated rings. The highest BCUT2D eigenvalue weighted by Gasteiger charge is 2.39. The Morgan fingerprint density at radius 1 is 1.03 bits per heavy atom. The zero-order chi connectivity index (χ0) is 25.0. The number of alkyl halides is 2. The average Bonchev–Trinajstić information content (AvgIpc) is 2.85. The first-order chi connectivity index (χ1) is 16.8.